The first-order chi connectivity index (χ1) is 15.2. The molecular formula is C23H19Cl2N2NaO4S. The molecule has 0 aromatic heterocycles. The van der Waals surface area contributed by atoms with Crippen LogP contribution in [-0.4, -0.2) is 54.7 Å². The minimum atomic E-state index is -3.98. The first-order valence-electron chi connectivity index (χ1n) is 9.58. The molecule has 33 heavy (non-hydrogen) atoms. The molecule has 2 N–H and O–H groups in total. The summed E-state index contributed by atoms with van der Waals surface area (Å²) in [5.41, 5.74) is 1.68. The van der Waals surface area contributed by atoms with Crippen LogP contribution in [0.4, 0.5) is 11.4 Å². The van der Waals surface area contributed by atoms with Crippen molar-refractivity contribution in [3.63, 3.8) is 0 Å². The second kappa shape index (κ2) is 10.5. The van der Waals surface area contributed by atoms with Gasteiger partial charge >= 0.3 is 29.6 Å². The quantitative estimate of drug-likeness (QED) is 0.500. The summed E-state index contributed by atoms with van der Waals surface area (Å²) in [5.74, 6) is -1.86. The zero-order valence-corrected chi connectivity index (χ0v) is 19.0. The van der Waals surface area contributed by atoms with E-state index in [-0.39, 0.29) is 41.7 Å². The van der Waals surface area contributed by atoms with Gasteiger partial charge in [-0.15, -0.1) is 0 Å². The van der Waals surface area contributed by atoms with Crippen LogP contribution in [0.25, 0.3) is 5.57 Å². The van der Waals surface area contributed by atoms with E-state index in [1.54, 1.807) is 72.8 Å². The van der Waals surface area contributed by atoms with Gasteiger partial charge in [-0.25, -0.2) is 8.42 Å². The van der Waals surface area contributed by atoms with Gasteiger partial charge in [-0.05, 0) is 48.0 Å². The number of carbonyl (C=O) groups is 1. The number of nitrogens with zero attached hydrogens (tertiary/aromatic N) is 1. The van der Waals surface area contributed by atoms with Crippen LogP contribution in [0.15, 0.2) is 78.6 Å². The topological polar surface area (TPSA) is 86.7 Å². The molecule has 0 saturated heterocycles. The number of nitrogens with one attached hydrogen (secondary N) is 1. The number of hydrogen-bond acceptors (Lipinski definition) is 4. The Bertz CT molecular complexity index is 1310. The van der Waals surface area contributed by atoms with Gasteiger partial charge in [-0.2, -0.15) is 0 Å². The predicted molar refractivity (Wildman–Crippen MR) is 135 cm³/mol. The predicted octanol–water partition coefficient (Wildman–Crippen LogP) is 4.60. The molecule has 0 saturated carbocycles. The van der Waals surface area contributed by atoms with Gasteiger partial charge in [0.15, 0.2) is 0 Å². The SMILES string of the molecule is O=C(Nc1ccc(Cl)cc1)C1=C(O)CS(=O)(=O)N(Cc2ccc(Cl)cc2)c2ccccc21.[NaH]. The molecule has 0 spiro atoms. The molecule has 10 heteroatoms. The molecule has 0 bridgehead atoms. The van der Waals surface area contributed by atoms with Gasteiger partial charge in [-0.1, -0.05) is 53.5 Å². The Morgan fingerprint density at radius 3 is 2.15 bits per heavy atom. The minimum absolute atomic E-state index is 0. The van der Waals surface area contributed by atoms with Crippen molar-refractivity contribution in [2.24, 2.45) is 0 Å². The monoisotopic (exact) mass is 512 g/mol. The summed E-state index contributed by atoms with van der Waals surface area (Å²) in [6.07, 6.45) is 0. The van der Waals surface area contributed by atoms with Gasteiger partial charge in [-0.3, -0.25) is 9.10 Å². The van der Waals surface area contributed by atoms with Crippen molar-refractivity contribution in [1.29, 1.82) is 0 Å². The molecule has 0 atom stereocenters. The molecule has 6 nitrogen and oxygen atoms in total. The zero-order chi connectivity index (χ0) is 22.9. The number of carbonyl (C=O) groups excluding carboxylic acids is 1. The van der Waals surface area contributed by atoms with Gasteiger partial charge in [0, 0.05) is 21.3 Å². The van der Waals surface area contributed by atoms with E-state index in [9.17, 15) is 18.3 Å². The van der Waals surface area contributed by atoms with Crippen molar-refractivity contribution in [2.75, 3.05) is 15.4 Å². The maximum atomic E-state index is 13.2. The van der Waals surface area contributed by atoms with Gasteiger partial charge in [0.05, 0.1) is 17.8 Å². The summed E-state index contributed by atoms with van der Waals surface area (Å²) in [4.78, 5) is 13.1. The molecule has 1 amide bonds. The van der Waals surface area contributed by atoms with Crippen LogP contribution in [-0.2, 0) is 21.4 Å². The van der Waals surface area contributed by atoms with Gasteiger partial charge in [0.2, 0.25) is 10.0 Å². The number of aliphatic hydroxyl groups is 1. The van der Waals surface area contributed by atoms with E-state index in [0.29, 0.717) is 32.5 Å². The van der Waals surface area contributed by atoms with Crippen LogP contribution in [0.2, 0.25) is 10.0 Å². The van der Waals surface area contributed by atoms with Crippen molar-refractivity contribution < 1.29 is 18.3 Å². The summed E-state index contributed by atoms with van der Waals surface area (Å²) < 4.78 is 27.5. The van der Waals surface area contributed by atoms with Crippen LogP contribution in [0, 0.1) is 0 Å². The Morgan fingerprint density at radius 2 is 1.52 bits per heavy atom. The van der Waals surface area contributed by atoms with Crippen molar-refractivity contribution >= 4 is 85.6 Å². The summed E-state index contributed by atoms with van der Waals surface area (Å²) in [6.45, 7) is 0.0237. The van der Waals surface area contributed by atoms with Crippen molar-refractivity contribution in [1.82, 2.24) is 0 Å². The van der Waals surface area contributed by atoms with E-state index < -0.39 is 27.4 Å². The van der Waals surface area contributed by atoms with Crippen LogP contribution in [0.5, 0.6) is 0 Å². The Kier molecular flexibility index (Phi) is 8.16. The van der Waals surface area contributed by atoms with Crippen molar-refractivity contribution in [3.8, 4) is 0 Å². The number of halogens is 2. The van der Waals surface area contributed by atoms with Gasteiger partial charge < -0.3 is 10.4 Å². The molecule has 1 aliphatic rings. The third kappa shape index (κ3) is 5.74. The Morgan fingerprint density at radius 1 is 0.939 bits per heavy atom. The van der Waals surface area contributed by atoms with E-state index in [1.165, 1.54) is 4.31 Å². The molecule has 0 radical (unpaired) electrons. The van der Waals surface area contributed by atoms with Crippen LogP contribution >= 0.6 is 23.2 Å². The maximum absolute atomic E-state index is 13.2. The number of anilines is 2. The normalized spacial score (nSPS) is 14.7. The van der Waals surface area contributed by atoms with Crippen molar-refractivity contribution in [2.45, 2.75) is 6.54 Å². The molecule has 0 aliphatic carbocycles. The zero-order valence-electron chi connectivity index (χ0n) is 16.6. The summed E-state index contributed by atoms with van der Waals surface area (Å²) in [7, 11) is -3.98. The van der Waals surface area contributed by atoms with Crippen LogP contribution in [0.1, 0.15) is 11.1 Å². The number of aliphatic hydroxyl groups excluding tert-OH is 1. The van der Waals surface area contributed by atoms with Crippen LogP contribution < -0.4 is 9.62 Å². The first kappa shape index (κ1) is 25.6. The number of rotatable bonds is 4. The van der Waals surface area contributed by atoms with E-state index in [0.717, 1.165) is 0 Å². The number of benzene rings is 3. The molecule has 1 heterocycles. The van der Waals surface area contributed by atoms with E-state index >= 15 is 0 Å². The number of sulfonamides is 1. The Labute approximate surface area is 224 Å². The molecule has 3 aromatic rings. The number of amides is 1. The fourth-order valence-electron chi connectivity index (χ4n) is 3.45. The summed E-state index contributed by atoms with van der Waals surface area (Å²) >= 11 is 11.8. The summed E-state index contributed by atoms with van der Waals surface area (Å²) in [6, 6.07) is 19.8. The standard InChI is InChI=1S/C23H18Cl2N2O4S.Na.H/c24-16-7-5-15(6-8-16)13-27-20-4-2-1-3-19(20)22(21(28)14-32(27,30)31)23(29)26-18-11-9-17(25)10-12-18;;/h1-12,28H,13-14H2,(H,26,29);;. The third-order valence-corrected chi connectivity index (χ3v) is 7.09. The number of fused-ring (bicyclic) bond motifs is 1. The third-order valence-electron chi connectivity index (χ3n) is 4.95. The molecule has 4 rings (SSSR count). The average Bonchev–Trinajstić information content (AvgIpc) is 2.83. The molecule has 0 fully saturated rings. The average molecular weight is 513 g/mol. The number of para-hydroxylation sites is 1. The van der Waals surface area contributed by atoms with Crippen molar-refractivity contribution in [3.05, 3.63) is 99.7 Å². The molecule has 3 aromatic carbocycles. The first-order valence-corrected chi connectivity index (χ1v) is 11.9. The second-order valence-corrected chi connectivity index (χ2v) is 9.96. The number of hydrogen-bond donors (Lipinski definition) is 2. The Hall–Kier alpha value is -2.00. The molecule has 166 valence electrons. The molecule has 1 aliphatic heterocycles. The van der Waals surface area contributed by atoms with E-state index in [2.05, 4.69) is 5.32 Å². The fraction of sp³-hybridized carbons (Fsp3) is 0.0870. The van der Waals surface area contributed by atoms with Gasteiger partial charge in [0.1, 0.15) is 11.5 Å². The Balaban J connectivity index is 0.00000306. The van der Waals surface area contributed by atoms with E-state index in [1.807, 2.05) is 0 Å². The second-order valence-electron chi connectivity index (χ2n) is 7.19. The van der Waals surface area contributed by atoms with Crippen LogP contribution in [0.3, 0.4) is 0 Å². The molecular weight excluding hydrogens is 494 g/mol. The van der Waals surface area contributed by atoms with E-state index in [4.69, 9.17) is 23.2 Å². The van der Waals surface area contributed by atoms with Gasteiger partial charge in [0.25, 0.3) is 5.91 Å². The fourth-order valence-corrected chi connectivity index (χ4v) is 5.15. The summed E-state index contributed by atoms with van der Waals surface area (Å²) in [5, 5.41) is 14.5. The molecule has 0 unspecified atom stereocenters.